The van der Waals surface area contributed by atoms with Crippen LogP contribution in [0.1, 0.15) is 49.4 Å². The molecule has 0 unspecified atom stereocenters. The van der Waals surface area contributed by atoms with Crippen LogP contribution in [0.25, 0.3) is 0 Å². The molecular formula is C17H27N5O. The number of piperazine rings is 1. The zero-order valence-electron chi connectivity index (χ0n) is 14.0. The monoisotopic (exact) mass is 317 g/mol. The molecule has 126 valence electrons. The molecule has 6 heteroatoms. The molecule has 2 fully saturated rings. The van der Waals surface area contributed by atoms with Crippen LogP contribution in [0.4, 0.5) is 5.95 Å². The Morgan fingerprint density at radius 2 is 1.78 bits per heavy atom. The first-order chi connectivity index (χ1) is 11.3. The SMILES string of the molecule is CCN1CCN(c2ncc(C(=O)NC3CCCCC3)cn2)CC1. The molecular weight excluding hydrogens is 290 g/mol. The summed E-state index contributed by atoms with van der Waals surface area (Å²) in [4.78, 5) is 25.7. The molecule has 2 heterocycles. The van der Waals surface area contributed by atoms with Crippen LogP contribution in [-0.2, 0) is 0 Å². The summed E-state index contributed by atoms with van der Waals surface area (Å²) in [5, 5.41) is 3.11. The molecule has 1 N–H and O–H groups in total. The van der Waals surface area contributed by atoms with Gasteiger partial charge in [-0.2, -0.15) is 0 Å². The molecule has 1 aromatic rings. The maximum Gasteiger partial charge on any atom is 0.254 e. The number of nitrogens with one attached hydrogen (secondary N) is 1. The van der Waals surface area contributed by atoms with Crippen LogP contribution in [0, 0.1) is 0 Å². The molecule has 0 radical (unpaired) electrons. The Hall–Kier alpha value is -1.69. The average Bonchev–Trinajstić information content (AvgIpc) is 2.63. The summed E-state index contributed by atoms with van der Waals surface area (Å²) >= 11 is 0. The van der Waals surface area contributed by atoms with Crippen molar-refractivity contribution in [1.29, 1.82) is 0 Å². The van der Waals surface area contributed by atoms with E-state index < -0.39 is 0 Å². The van der Waals surface area contributed by atoms with Crippen molar-refractivity contribution in [2.45, 2.75) is 45.1 Å². The van der Waals surface area contributed by atoms with Crippen LogP contribution in [-0.4, -0.2) is 59.5 Å². The lowest BCUT2D eigenvalue weighted by atomic mass is 9.95. The van der Waals surface area contributed by atoms with Crippen LogP contribution in [0.15, 0.2) is 12.4 Å². The van der Waals surface area contributed by atoms with E-state index in [-0.39, 0.29) is 5.91 Å². The van der Waals surface area contributed by atoms with Crippen molar-refractivity contribution in [3.05, 3.63) is 18.0 Å². The Labute approximate surface area is 138 Å². The van der Waals surface area contributed by atoms with Crippen molar-refractivity contribution >= 4 is 11.9 Å². The van der Waals surface area contributed by atoms with Gasteiger partial charge in [-0.1, -0.05) is 26.2 Å². The van der Waals surface area contributed by atoms with Gasteiger partial charge in [0.25, 0.3) is 5.91 Å². The molecule has 23 heavy (non-hydrogen) atoms. The normalized spacial score (nSPS) is 20.5. The summed E-state index contributed by atoms with van der Waals surface area (Å²) in [5.74, 6) is 0.689. The number of amides is 1. The first-order valence-electron chi connectivity index (χ1n) is 8.86. The van der Waals surface area contributed by atoms with Crippen LogP contribution < -0.4 is 10.2 Å². The number of hydrogen-bond acceptors (Lipinski definition) is 5. The van der Waals surface area contributed by atoms with Crippen molar-refractivity contribution in [3.63, 3.8) is 0 Å². The highest BCUT2D eigenvalue weighted by Crippen LogP contribution is 2.18. The predicted octanol–water partition coefficient (Wildman–Crippen LogP) is 1.68. The van der Waals surface area contributed by atoms with Gasteiger partial charge in [-0.05, 0) is 19.4 Å². The number of carbonyl (C=O) groups is 1. The van der Waals surface area contributed by atoms with E-state index in [2.05, 4.69) is 32.0 Å². The first kappa shape index (κ1) is 16.2. The number of aromatic nitrogens is 2. The molecule has 6 nitrogen and oxygen atoms in total. The van der Waals surface area contributed by atoms with Crippen molar-refractivity contribution in [2.24, 2.45) is 0 Å². The summed E-state index contributed by atoms with van der Waals surface area (Å²) in [7, 11) is 0. The van der Waals surface area contributed by atoms with E-state index in [0.29, 0.717) is 11.6 Å². The Balaban J connectivity index is 1.55. The van der Waals surface area contributed by atoms with Gasteiger partial charge in [-0.25, -0.2) is 9.97 Å². The number of carbonyl (C=O) groups excluding carboxylic acids is 1. The third kappa shape index (κ3) is 4.19. The molecule has 1 aromatic heterocycles. The standard InChI is InChI=1S/C17H27N5O/c1-2-21-8-10-22(11-9-21)17-18-12-14(13-19-17)16(23)20-15-6-4-3-5-7-15/h12-13,15H,2-11H2,1H3,(H,20,23). The number of anilines is 1. The highest BCUT2D eigenvalue weighted by atomic mass is 16.1. The molecule has 0 atom stereocenters. The minimum atomic E-state index is -0.0424. The minimum Gasteiger partial charge on any atom is -0.349 e. The molecule has 1 aliphatic carbocycles. The fraction of sp³-hybridized carbons (Fsp3) is 0.706. The highest BCUT2D eigenvalue weighted by molar-refractivity contribution is 5.93. The molecule has 0 aromatic carbocycles. The molecule has 0 spiro atoms. The molecule has 1 saturated carbocycles. The van der Waals surface area contributed by atoms with Crippen LogP contribution in [0.2, 0.25) is 0 Å². The van der Waals surface area contributed by atoms with Gasteiger partial charge in [-0.3, -0.25) is 4.79 Å². The maximum atomic E-state index is 12.3. The maximum absolute atomic E-state index is 12.3. The summed E-state index contributed by atoms with van der Waals surface area (Å²) in [6.45, 7) is 7.26. The zero-order valence-corrected chi connectivity index (χ0v) is 14.0. The van der Waals surface area contributed by atoms with Gasteiger partial charge in [0.1, 0.15) is 0 Å². The van der Waals surface area contributed by atoms with Crippen molar-refractivity contribution in [2.75, 3.05) is 37.6 Å². The van der Waals surface area contributed by atoms with E-state index in [9.17, 15) is 4.79 Å². The van der Waals surface area contributed by atoms with Crippen molar-refractivity contribution in [1.82, 2.24) is 20.2 Å². The van der Waals surface area contributed by atoms with Crippen LogP contribution in [0.5, 0.6) is 0 Å². The van der Waals surface area contributed by atoms with Gasteiger partial charge < -0.3 is 15.1 Å². The third-order valence-electron chi connectivity index (χ3n) is 4.94. The van der Waals surface area contributed by atoms with E-state index in [1.807, 2.05) is 0 Å². The number of likely N-dealkylation sites (N-methyl/N-ethyl adjacent to an activating group) is 1. The molecule has 1 amide bonds. The zero-order chi connectivity index (χ0) is 16.1. The highest BCUT2D eigenvalue weighted by Gasteiger charge is 2.19. The van der Waals surface area contributed by atoms with Gasteiger partial charge in [0.2, 0.25) is 5.95 Å². The molecule has 1 aliphatic heterocycles. The Kier molecular flexibility index (Phi) is 5.43. The van der Waals surface area contributed by atoms with E-state index in [0.717, 1.165) is 51.5 Å². The number of rotatable bonds is 4. The molecule has 0 bridgehead atoms. The minimum absolute atomic E-state index is 0.0424. The summed E-state index contributed by atoms with van der Waals surface area (Å²) in [6.07, 6.45) is 9.21. The predicted molar refractivity (Wildman–Crippen MR) is 90.7 cm³/mol. The lowest BCUT2D eigenvalue weighted by molar-refractivity contribution is 0.0927. The molecule has 3 rings (SSSR count). The number of nitrogens with zero attached hydrogens (tertiary/aromatic N) is 4. The second-order valence-electron chi connectivity index (χ2n) is 6.50. The summed E-state index contributed by atoms with van der Waals surface area (Å²) < 4.78 is 0. The number of hydrogen-bond donors (Lipinski definition) is 1. The second-order valence-corrected chi connectivity index (χ2v) is 6.50. The summed E-state index contributed by atoms with van der Waals surface area (Å²) in [5.41, 5.74) is 0.562. The second kappa shape index (κ2) is 7.73. The summed E-state index contributed by atoms with van der Waals surface area (Å²) in [6, 6.07) is 0.318. The lowest BCUT2D eigenvalue weighted by Crippen LogP contribution is -2.46. The van der Waals surface area contributed by atoms with Crippen LogP contribution in [0.3, 0.4) is 0 Å². The van der Waals surface area contributed by atoms with E-state index in [4.69, 9.17) is 0 Å². The molecule has 1 saturated heterocycles. The van der Waals surface area contributed by atoms with Crippen molar-refractivity contribution < 1.29 is 4.79 Å². The Morgan fingerprint density at radius 3 is 2.39 bits per heavy atom. The molecule has 2 aliphatic rings. The smallest absolute Gasteiger partial charge is 0.254 e. The topological polar surface area (TPSA) is 61.4 Å². The van der Waals surface area contributed by atoms with Gasteiger partial charge in [0.15, 0.2) is 0 Å². The van der Waals surface area contributed by atoms with Gasteiger partial charge in [0.05, 0.1) is 5.56 Å². The lowest BCUT2D eigenvalue weighted by Gasteiger charge is -2.33. The van der Waals surface area contributed by atoms with Gasteiger partial charge in [-0.15, -0.1) is 0 Å². The van der Waals surface area contributed by atoms with Crippen LogP contribution >= 0.6 is 0 Å². The van der Waals surface area contributed by atoms with E-state index in [1.54, 1.807) is 12.4 Å². The van der Waals surface area contributed by atoms with Crippen molar-refractivity contribution in [3.8, 4) is 0 Å². The fourth-order valence-corrected chi connectivity index (χ4v) is 3.38. The first-order valence-corrected chi connectivity index (χ1v) is 8.86. The van der Waals surface area contributed by atoms with Gasteiger partial charge >= 0.3 is 0 Å². The largest absolute Gasteiger partial charge is 0.349 e. The Morgan fingerprint density at radius 1 is 1.13 bits per heavy atom. The van der Waals surface area contributed by atoms with E-state index >= 15 is 0 Å². The Bertz CT molecular complexity index is 504. The van der Waals surface area contributed by atoms with E-state index in [1.165, 1.54) is 19.3 Å². The third-order valence-corrected chi connectivity index (χ3v) is 4.94. The average molecular weight is 317 g/mol. The fourth-order valence-electron chi connectivity index (χ4n) is 3.38. The quantitative estimate of drug-likeness (QED) is 0.915. The van der Waals surface area contributed by atoms with Gasteiger partial charge in [0, 0.05) is 44.6 Å².